The third kappa shape index (κ3) is 4.73. The molecule has 0 fully saturated rings. The highest BCUT2D eigenvalue weighted by molar-refractivity contribution is 5.88. The summed E-state index contributed by atoms with van der Waals surface area (Å²) in [4.78, 5) is 23.4. The van der Waals surface area contributed by atoms with Gasteiger partial charge >= 0.3 is 6.09 Å². The van der Waals surface area contributed by atoms with Crippen LogP contribution in [-0.4, -0.2) is 18.6 Å². The van der Waals surface area contributed by atoms with Crippen molar-refractivity contribution in [2.75, 3.05) is 6.61 Å². The molecule has 0 aliphatic heterocycles. The van der Waals surface area contributed by atoms with Crippen LogP contribution < -0.4 is 15.6 Å². The van der Waals surface area contributed by atoms with Crippen molar-refractivity contribution in [1.29, 1.82) is 0 Å². The molecule has 0 bridgehead atoms. The Balaban J connectivity index is 1.43. The van der Waals surface area contributed by atoms with Crippen molar-refractivity contribution >= 4 is 22.8 Å². The van der Waals surface area contributed by atoms with Crippen molar-refractivity contribution in [3.05, 3.63) is 78.4 Å². The molecule has 3 aromatic rings. The Morgan fingerprint density at radius 1 is 0.808 bits per heavy atom. The van der Waals surface area contributed by atoms with Gasteiger partial charge in [-0.15, -0.1) is 0 Å². The van der Waals surface area contributed by atoms with Gasteiger partial charge in [0.25, 0.3) is 5.91 Å². The van der Waals surface area contributed by atoms with Crippen LogP contribution in [0.4, 0.5) is 4.79 Å². The highest BCUT2D eigenvalue weighted by Gasteiger charge is 2.08. The van der Waals surface area contributed by atoms with Gasteiger partial charge in [-0.3, -0.25) is 10.2 Å². The normalized spacial score (nSPS) is 10.2. The molecular formula is C20H18N2O4. The zero-order valence-electron chi connectivity index (χ0n) is 14.0. The van der Waals surface area contributed by atoms with Crippen molar-refractivity contribution in [2.24, 2.45) is 0 Å². The minimum absolute atomic E-state index is 0.120. The van der Waals surface area contributed by atoms with E-state index in [1.54, 1.807) is 6.07 Å². The van der Waals surface area contributed by atoms with E-state index in [0.29, 0.717) is 5.75 Å². The van der Waals surface area contributed by atoms with Crippen molar-refractivity contribution in [3.63, 3.8) is 0 Å². The third-order valence-corrected chi connectivity index (χ3v) is 3.63. The molecule has 0 saturated heterocycles. The number of carbonyl (C=O) groups is 2. The summed E-state index contributed by atoms with van der Waals surface area (Å²) in [6, 6.07) is 22.6. The lowest BCUT2D eigenvalue weighted by Crippen LogP contribution is -2.44. The molecule has 0 unspecified atom stereocenters. The Labute approximate surface area is 150 Å². The van der Waals surface area contributed by atoms with Crippen molar-refractivity contribution in [2.45, 2.75) is 6.61 Å². The van der Waals surface area contributed by atoms with Crippen molar-refractivity contribution in [1.82, 2.24) is 10.9 Å². The molecular weight excluding hydrogens is 332 g/mol. The number of rotatable bonds is 5. The number of amides is 2. The van der Waals surface area contributed by atoms with Crippen LogP contribution in [0.25, 0.3) is 10.8 Å². The maximum atomic E-state index is 11.8. The van der Waals surface area contributed by atoms with E-state index in [9.17, 15) is 9.59 Å². The van der Waals surface area contributed by atoms with Crippen LogP contribution in [0, 0.1) is 0 Å². The van der Waals surface area contributed by atoms with E-state index in [0.717, 1.165) is 16.3 Å². The van der Waals surface area contributed by atoms with Gasteiger partial charge in [-0.05, 0) is 17.0 Å². The molecule has 0 heterocycles. The smallest absolute Gasteiger partial charge is 0.426 e. The van der Waals surface area contributed by atoms with Crippen molar-refractivity contribution < 1.29 is 19.1 Å². The number of fused-ring (bicyclic) bond motifs is 1. The van der Waals surface area contributed by atoms with Gasteiger partial charge in [0, 0.05) is 5.39 Å². The van der Waals surface area contributed by atoms with E-state index >= 15 is 0 Å². The summed E-state index contributed by atoms with van der Waals surface area (Å²) in [5.74, 6) is 0.111. The van der Waals surface area contributed by atoms with Gasteiger partial charge in [0.2, 0.25) is 0 Å². The molecule has 0 spiro atoms. The zero-order valence-corrected chi connectivity index (χ0v) is 14.0. The summed E-state index contributed by atoms with van der Waals surface area (Å²) in [6.45, 7) is -0.109. The summed E-state index contributed by atoms with van der Waals surface area (Å²) in [7, 11) is 0. The fourth-order valence-electron chi connectivity index (χ4n) is 2.38. The Morgan fingerprint density at radius 3 is 2.38 bits per heavy atom. The lowest BCUT2D eigenvalue weighted by atomic mass is 10.1. The van der Waals surface area contributed by atoms with Gasteiger partial charge in [-0.2, -0.15) is 0 Å². The fraction of sp³-hybridized carbons (Fsp3) is 0.100. The number of hydrogen-bond donors (Lipinski definition) is 2. The molecule has 2 amide bonds. The monoisotopic (exact) mass is 350 g/mol. The number of hydrazine groups is 1. The molecule has 0 atom stereocenters. The van der Waals surface area contributed by atoms with Crippen LogP contribution in [0.15, 0.2) is 72.8 Å². The lowest BCUT2D eigenvalue weighted by molar-refractivity contribution is -0.123. The van der Waals surface area contributed by atoms with Crippen LogP contribution >= 0.6 is 0 Å². The van der Waals surface area contributed by atoms with Crippen LogP contribution in [0.1, 0.15) is 5.56 Å². The molecule has 0 saturated carbocycles. The molecule has 132 valence electrons. The molecule has 3 aromatic carbocycles. The van der Waals surface area contributed by atoms with Crippen LogP contribution in [0.3, 0.4) is 0 Å². The minimum atomic E-state index is -0.743. The lowest BCUT2D eigenvalue weighted by Gasteiger charge is -2.11. The second kappa shape index (κ2) is 8.53. The van der Waals surface area contributed by atoms with Crippen LogP contribution in [0.2, 0.25) is 0 Å². The first-order valence-electron chi connectivity index (χ1n) is 8.08. The highest BCUT2D eigenvalue weighted by atomic mass is 16.6. The predicted octanol–water partition coefficient (Wildman–Crippen LogP) is 3.18. The number of hydrogen-bond acceptors (Lipinski definition) is 4. The number of benzene rings is 3. The first-order chi connectivity index (χ1) is 12.7. The summed E-state index contributed by atoms with van der Waals surface area (Å²) >= 11 is 0. The number of ether oxygens (including phenoxy) is 2. The predicted molar refractivity (Wildman–Crippen MR) is 97.3 cm³/mol. The summed E-state index contributed by atoms with van der Waals surface area (Å²) in [5.41, 5.74) is 5.29. The van der Waals surface area contributed by atoms with E-state index in [-0.39, 0.29) is 13.2 Å². The Kier molecular flexibility index (Phi) is 5.67. The second-order valence-electron chi connectivity index (χ2n) is 5.50. The Morgan fingerprint density at radius 2 is 1.54 bits per heavy atom. The molecule has 6 heteroatoms. The molecule has 3 rings (SSSR count). The van der Waals surface area contributed by atoms with E-state index in [4.69, 9.17) is 9.47 Å². The van der Waals surface area contributed by atoms with E-state index in [1.807, 2.05) is 66.7 Å². The summed E-state index contributed by atoms with van der Waals surface area (Å²) in [6.07, 6.45) is -0.743. The van der Waals surface area contributed by atoms with Gasteiger partial charge in [0.15, 0.2) is 6.61 Å². The molecule has 2 N–H and O–H groups in total. The van der Waals surface area contributed by atoms with Gasteiger partial charge in [-0.1, -0.05) is 66.7 Å². The molecule has 26 heavy (non-hydrogen) atoms. The topological polar surface area (TPSA) is 76.7 Å². The van der Waals surface area contributed by atoms with Crippen LogP contribution in [0.5, 0.6) is 5.75 Å². The fourth-order valence-corrected chi connectivity index (χ4v) is 2.38. The Hall–Kier alpha value is -3.54. The molecule has 6 nitrogen and oxygen atoms in total. The second-order valence-corrected chi connectivity index (χ2v) is 5.50. The summed E-state index contributed by atoms with van der Waals surface area (Å²) < 4.78 is 10.5. The molecule has 0 aromatic heterocycles. The summed E-state index contributed by atoms with van der Waals surface area (Å²) in [5, 5.41) is 1.94. The SMILES string of the molecule is O=C(COc1cccc2ccccc12)NNC(=O)OCc1ccccc1. The van der Waals surface area contributed by atoms with E-state index in [2.05, 4.69) is 10.9 Å². The molecule has 0 aliphatic rings. The minimum Gasteiger partial charge on any atom is -0.483 e. The van der Waals surface area contributed by atoms with E-state index < -0.39 is 12.0 Å². The highest BCUT2D eigenvalue weighted by Crippen LogP contribution is 2.24. The third-order valence-electron chi connectivity index (χ3n) is 3.63. The van der Waals surface area contributed by atoms with Gasteiger partial charge in [0.1, 0.15) is 12.4 Å². The van der Waals surface area contributed by atoms with Gasteiger partial charge in [-0.25, -0.2) is 10.2 Å². The molecule has 0 aliphatic carbocycles. The van der Waals surface area contributed by atoms with Gasteiger partial charge in [0.05, 0.1) is 0 Å². The standard InChI is InChI=1S/C20H18N2O4/c23-19(21-22-20(24)26-13-15-7-2-1-3-8-15)14-25-18-12-6-10-16-9-4-5-11-17(16)18/h1-12H,13-14H2,(H,21,23)(H,22,24). The maximum Gasteiger partial charge on any atom is 0.426 e. The number of nitrogens with one attached hydrogen (secondary N) is 2. The van der Waals surface area contributed by atoms with E-state index in [1.165, 1.54) is 0 Å². The quantitative estimate of drug-likeness (QED) is 0.693. The largest absolute Gasteiger partial charge is 0.483 e. The zero-order chi connectivity index (χ0) is 18.2. The van der Waals surface area contributed by atoms with Gasteiger partial charge < -0.3 is 9.47 Å². The molecule has 0 radical (unpaired) electrons. The maximum absolute atomic E-state index is 11.8. The Bertz CT molecular complexity index is 891. The average Bonchev–Trinajstić information content (AvgIpc) is 2.70. The number of carbonyl (C=O) groups excluding carboxylic acids is 2. The first kappa shape index (κ1) is 17.3. The first-order valence-corrected chi connectivity index (χ1v) is 8.08. The van der Waals surface area contributed by atoms with Crippen molar-refractivity contribution in [3.8, 4) is 5.75 Å². The van der Waals surface area contributed by atoms with Crippen LogP contribution in [-0.2, 0) is 16.1 Å². The average molecular weight is 350 g/mol.